The number of hydrogen-bond acceptors (Lipinski definition) is 6. The van der Waals surface area contributed by atoms with E-state index in [1.165, 1.54) is 15.0 Å². The van der Waals surface area contributed by atoms with Gasteiger partial charge in [0.25, 0.3) is 0 Å². The summed E-state index contributed by atoms with van der Waals surface area (Å²) in [5.74, 6) is 1.11. The molecule has 1 aromatic carbocycles. The van der Waals surface area contributed by atoms with Crippen LogP contribution in [0.2, 0.25) is 0 Å². The summed E-state index contributed by atoms with van der Waals surface area (Å²) in [5.41, 5.74) is -0.188. The van der Waals surface area contributed by atoms with Crippen molar-refractivity contribution in [3.63, 3.8) is 0 Å². The molecule has 0 bridgehead atoms. The molecule has 4 rings (SSSR count). The fraction of sp³-hybridized carbons (Fsp3) is 0.591. The fourth-order valence-electron chi connectivity index (χ4n) is 4.35. The van der Waals surface area contributed by atoms with Crippen LogP contribution >= 0.6 is 11.5 Å². The van der Waals surface area contributed by atoms with Gasteiger partial charge in [-0.25, -0.2) is 0 Å². The van der Waals surface area contributed by atoms with Gasteiger partial charge in [0.2, 0.25) is 11.8 Å². The highest BCUT2D eigenvalue weighted by atomic mass is 32.1. The molecule has 0 unspecified atom stereocenters. The zero-order chi connectivity index (χ0) is 20.4. The molecule has 29 heavy (non-hydrogen) atoms. The topological polar surface area (TPSA) is 56.8 Å². The summed E-state index contributed by atoms with van der Waals surface area (Å²) in [4.78, 5) is 30.8. The first-order chi connectivity index (χ1) is 13.9. The fourth-order valence-corrected chi connectivity index (χ4v) is 5.15. The molecule has 3 heterocycles. The molecular formula is C22H30N4O2S. The van der Waals surface area contributed by atoms with Gasteiger partial charge in [0, 0.05) is 51.0 Å². The van der Waals surface area contributed by atoms with E-state index in [9.17, 15) is 9.59 Å². The van der Waals surface area contributed by atoms with Crippen LogP contribution in [0, 0.1) is 5.41 Å². The van der Waals surface area contributed by atoms with Crippen LogP contribution in [0.15, 0.2) is 24.3 Å². The van der Waals surface area contributed by atoms with E-state index < -0.39 is 0 Å². The molecule has 2 aliphatic rings. The predicted octanol–water partition coefficient (Wildman–Crippen LogP) is 3.37. The Kier molecular flexibility index (Phi) is 5.88. The molecule has 2 amide bonds. The Hall–Kier alpha value is -1.99. The van der Waals surface area contributed by atoms with Crippen molar-refractivity contribution in [3.05, 3.63) is 24.3 Å². The van der Waals surface area contributed by atoms with Crippen LogP contribution in [0.25, 0.3) is 10.1 Å². The number of nitrogens with zero attached hydrogens (tertiary/aromatic N) is 4. The lowest BCUT2D eigenvalue weighted by Crippen LogP contribution is -2.47. The number of amides is 2. The van der Waals surface area contributed by atoms with Gasteiger partial charge in [-0.2, -0.15) is 4.37 Å². The molecule has 2 saturated heterocycles. The molecule has 0 spiro atoms. The zero-order valence-corrected chi connectivity index (χ0v) is 18.2. The van der Waals surface area contributed by atoms with Gasteiger partial charge in [-0.1, -0.05) is 26.0 Å². The van der Waals surface area contributed by atoms with Gasteiger partial charge >= 0.3 is 0 Å². The van der Waals surface area contributed by atoms with Crippen molar-refractivity contribution in [1.82, 2.24) is 14.2 Å². The van der Waals surface area contributed by atoms with Gasteiger partial charge in [-0.3, -0.25) is 19.4 Å². The van der Waals surface area contributed by atoms with E-state index in [1.54, 1.807) is 11.5 Å². The summed E-state index contributed by atoms with van der Waals surface area (Å²) in [6.45, 7) is 9.62. The number of imide groups is 1. The molecule has 0 atom stereocenters. The largest absolute Gasteiger partial charge is 0.353 e. The monoisotopic (exact) mass is 414 g/mol. The summed E-state index contributed by atoms with van der Waals surface area (Å²) >= 11 is 1.57. The Labute approximate surface area is 176 Å². The molecule has 2 aromatic rings. The number of hydrogen-bond donors (Lipinski definition) is 0. The lowest BCUT2D eigenvalue weighted by molar-refractivity contribution is -0.152. The summed E-state index contributed by atoms with van der Waals surface area (Å²) in [5, 5.41) is 1.25. The average molecular weight is 415 g/mol. The van der Waals surface area contributed by atoms with Gasteiger partial charge in [-0.05, 0) is 48.5 Å². The predicted molar refractivity (Wildman–Crippen MR) is 117 cm³/mol. The maximum Gasteiger partial charge on any atom is 0.229 e. The van der Waals surface area contributed by atoms with Gasteiger partial charge in [0.05, 0.1) is 4.70 Å². The highest BCUT2D eigenvalue weighted by molar-refractivity contribution is 7.13. The van der Waals surface area contributed by atoms with Crippen LogP contribution < -0.4 is 4.90 Å². The zero-order valence-electron chi connectivity index (χ0n) is 17.4. The number of unbranched alkanes of at least 4 members (excludes halogenated alkanes) is 1. The third-order valence-electron chi connectivity index (χ3n) is 6.00. The van der Waals surface area contributed by atoms with E-state index in [1.807, 2.05) is 13.8 Å². The molecule has 0 aliphatic carbocycles. The molecule has 2 aliphatic heterocycles. The number of carbonyl (C=O) groups is 2. The van der Waals surface area contributed by atoms with Crippen LogP contribution in [0.1, 0.15) is 39.5 Å². The van der Waals surface area contributed by atoms with Crippen molar-refractivity contribution in [2.75, 3.05) is 44.2 Å². The number of fused-ring (bicyclic) bond motifs is 1. The van der Waals surface area contributed by atoms with Crippen LogP contribution in [-0.4, -0.2) is 65.3 Å². The molecule has 0 saturated carbocycles. The lowest BCUT2D eigenvalue weighted by atomic mass is 9.82. The first-order valence-corrected chi connectivity index (χ1v) is 11.4. The summed E-state index contributed by atoms with van der Waals surface area (Å²) in [7, 11) is 0. The van der Waals surface area contributed by atoms with Crippen molar-refractivity contribution < 1.29 is 9.59 Å². The Morgan fingerprint density at radius 1 is 0.966 bits per heavy atom. The van der Waals surface area contributed by atoms with Crippen LogP contribution in [0.4, 0.5) is 5.82 Å². The van der Waals surface area contributed by atoms with Crippen LogP contribution in [0.3, 0.4) is 0 Å². The van der Waals surface area contributed by atoms with Crippen LogP contribution in [-0.2, 0) is 9.59 Å². The van der Waals surface area contributed by atoms with E-state index in [0.717, 1.165) is 51.4 Å². The summed E-state index contributed by atoms with van der Waals surface area (Å²) in [6, 6.07) is 8.43. The molecular weight excluding hydrogens is 384 g/mol. The molecule has 6 nitrogen and oxygen atoms in total. The number of carbonyl (C=O) groups excluding carboxylic acids is 2. The van der Waals surface area contributed by atoms with E-state index in [4.69, 9.17) is 0 Å². The highest BCUT2D eigenvalue weighted by Gasteiger charge is 2.36. The lowest BCUT2D eigenvalue weighted by Gasteiger charge is -2.36. The van der Waals surface area contributed by atoms with E-state index in [0.29, 0.717) is 19.4 Å². The normalized spacial score (nSPS) is 20.6. The minimum atomic E-state index is -0.188. The number of anilines is 1. The Balaban J connectivity index is 1.20. The standard InChI is InChI=1S/C22H30N4O2S/c1-22(2)15-19(27)26(20(28)16-22)10-6-5-9-24-11-13-25(14-12-24)21-17-7-3-4-8-18(17)29-23-21/h3-4,7-8H,5-6,9-16H2,1-2H3. The third-order valence-corrected chi connectivity index (χ3v) is 6.81. The van der Waals surface area contributed by atoms with Gasteiger partial charge < -0.3 is 4.90 Å². The van der Waals surface area contributed by atoms with E-state index >= 15 is 0 Å². The smallest absolute Gasteiger partial charge is 0.229 e. The number of piperidine rings is 1. The first kappa shape index (κ1) is 20.3. The maximum atomic E-state index is 12.2. The highest BCUT2D eigenvalue weighted by Crippen LogP contribution is 2.32. The van der Waals surface area contributed by atoms with Crippen molar-refractivity contribution in [2.45, 2.75) is 39.5 Å². The molecule has 156 valence electrons. The van der Waals surface area contributed by atoms with E-state index in [-0.39, 0.29) is 17.2 Å². The van der Waals surface area contributed by atoms with E-state index in [2.05, 4.69) is 38.4 Å². The second kappa shape index (κ2) is 8.40. The molecule has 0 N–H and O–H groups in total. The van der Waals surface area contributed by atoms with Crippen molar-refractivity contribution in [1.29, 1.82) is 0 Å². The first-order valence-electron chi connectivity index (χ1n) is 10.6. The molecule has 1 aromatic heterocycles. The van der Waals surface area contributed by atoms with Crippen LogP contribution in [0.5, 0.6) is 0 Å². The molecule has 7 heteroatoms. The Morgan fingerprint density at radius 3 is 2.34 bits per heavy atom. The van der Waals surface area contributed by atoms with Crippen molar-refractivity contribution in [2.24, 2.45) is 5.41 Å². The Bertz CT molecular complexity index is 866. The Morgan fingerprint density at radius 2 is 1.62 bits per heavy atom. The minimum absolute atomic E-state index is 0.00430. The van der Waals surface area contributed by atoms with Gasteiger partial charge in [-0.15, -0.1) is 0 Å². The number of benzene rings is 1. The molecule has 2 fully saturated rings. The number of aromatic nitrogens is 1. The summed E-state index contributed by atoms with van der Waals surface area (Å²) < 4.78 is 5.92. The minimum Gasteiger partial charge on any atom is -0.353 e. The molecule has 0 radical (unpaired) electrons. The van der Waals surface area contributed by atoms with Crippen molar-refractivity contribution >= 4 is 39.3 Å². The number of likely N-dealkylation sites (tertiary alicyclic amines) is 1. The quantitative estimate of drug-likeness (QED) is 0.536. The van der Waals surface area contributed by atoms with Gasteiger partial charge in [0.1, 0.15) is 5.82 Å². The van der Waals surface area contributed by atoms with Gasteiger partial charge in [0.15, 0.2) is 0 Å². The average Bonchev–Trinajstić information content (AvgIpc) is 3.10. The number of rotatable bonds is 6. The maximum absolute atomic E-state index is 12.2. The second-order valence-electron chi connectivity index (χ2n) is 9.00. The second-order valence-corrected chi connectivity index (χ2v) is 9.80. The third kappa shape index (κ3) is 4.61. The number of piperazine rings is 1. The summed E-state index contributed by atoms with van der Waals surface area (Å²) in [6.07, 6.45) is 2.85. The SMILES string of the molecule is CC1(C)CC(=O)N(CCCCN2CCN(c3nsc4ccccc34)CC2)C(=O)C1. The van der Waals surface area contributed by atoms with Crippen molar-refractivity contribution in [3.8, 4) is 0 Å².